The van der Waals surface area contributed by atoms with Crippen molar-refractivity contribution in [2.24, 2.45) is 23.2 Å². The van der Waals surface area contributed by atoms with Gasteiger partial charge in [-0.1, -0.05) is 0 Å². The fraction of sp³-hybridized carbons (Fsp3) is 0.923. The number of alkyl halides is 2. The van der Waals surface area contributed by atoms with Crippen molar-refractivity contribution in [3.63, 3.8) is 0 Å². The summed E-state index contributed by atoms with van der Waals surface area (Å²) in [4.78, 5) is 11.7. The Morgan fingerprint density at radius 3 is 1.85 bits per heavy atom. The molecule has 4 fully saturated rings. The van der Waals surface area contributed by atoms with Gasteiger partial charge < -0.3 is 4.55 Å². The lowest BCUT2D eigenvalue weighted by atomic mass is 9.48. The highest BCUT2D eigenvalue weighted by molar-refractivity contribution is 7.87. The molecular weight excluding hydrogens is 290 g/mol. The molecule has 0 saturated heterocycles. The van der Waals surface area contributed by atoms with E-state index in [0.29, 0.717) is 17.8 Å². The van der Waals surface area contributed by atoms with Gasteiger partial charge in [-0.25, -0.2) is 8.42 Å². The van der Waals surface area contributed by atoms with Crippen LogP contribution in [0.2, 0.25) is 0 Å². The topological polar surface area (TPSA) is 74.3 Å². The molecule has 0 heterocycles. The molecule has 0 spiro atoms. The van der Waals surface area contributed by atoms with Crippen molar-refractivity contribution in [2.45, 2.75) is 50.2 Å². The molecule has 0 aromatic heterocycles. The molecule has 20 heavy (non-hydrogen) atoms. The minimum atomic E-state index is -5.92. The third-order valence-electron chi connectivity index (χ3n) is 5.34. The van der Waals surface area contributed by atoms with Gasteiger partial charge in [0.25, 0.3) is 0 Å². The number of hydrogen-bond acceptors (Lipinski definition) is 4. The van der Waals surface area contributed by atoms with E-state index in [1.807, 2.05) is 0 Å². The van der Waals surface area contributed by atoms with E-state index in [1.54, 1.807) is 0 Å². The van der Waals surface area contributed by atoms with Gasteiger partial charge >= 0.3 is 5.25 Å². The molecule has 0 radical (unpaired) electrons. The van der Waals surface area contributed by atoms with Crippen LogP contribution in [0.1, 0.15) is 44.9 Å². The summed E-state index contributed by atoms with van der Waals surface area (Å²) >= 11 is 0. The Hall–Kier alpha value is -0.560. The lowest BCUT2D eigenvalue weighted by Gasteiger charge is -2.56. The highest BCUT2D eigenvalue weighted by Gasteiger charge is 2.55. The molecule has 4 aliphatic carbocycles. The molecule has 114 valence electrons. The molecule has 7 heteroatoms. The van der Waals surface area contributed by atoms with Crippen molar-refractivity contribution in [3.05, 3.63) is 0 Å². The second-order valence-electron chi connectivity index (χ2n) is 6.99. The summed E-state index contributed by atoms with van der Waals surface area (Å²) in [7, 11) is -5.92. The molecule has 0 unspecified atom stereocenters. The van der Waals surface area contributed by atoms with E-state index in [9.17, 15) is 26.5 Å². The zero-order chi connectivity index (χ0) is 14.8. The SMILES string of the molecule is O=C(CC12CC3CC(CC(C3)C1)C2)C(F)(F)S(=O)(=O)[O-]. The van der Waals surface area contributed by atoms with E-state index in [0.717, 1.165) is 38.5 Å². The van der Waals surface area contributed by atoms with Crippen molar-refractivity contribution in [1.82, 2.24) is 0 Å². The lowest BCUT2D eigenvalue weighted by Crippen LogP contribution is -2.49. The number of carbonyl (C=O) groups excluding carboxylic acids is 1. The predicted molar refractivity (Wildman–Crippen MR) is 64.9 cm³/mol. The first-order valence-electron chi connectivity index (χ1n) is 6.98. The van der Waals surface area contributed by atoms with Crippen molar-refractivity contribution in [1.29, 1.82) is 0 Å². The smallest absolute Gasteiger partial charge is 0.391 e. The first kappa shape index (κ1) is 14.4. The summed E-state index contributed by atoms with van der Waals surface area (Å²) < 4.78 is 58.4. The van der Waals surface area contributed by atoms with E-state index < -0.39 is 33.0 Å². The molecule has 0 atom stereocenters. The van der Waals surface area contributed by atoms with Crippen molar-refractivity contribution < 1.29 is 26.5 Å². The number of halogens is 2. The Morgan fingerprint density at radius 1 is 1.10 bits per heavy atom. The fourth-order valence-electron chi connectivity index (χ4n) is 5.09. The maximum atomic E-state index is 13.4. The van der Waals surface area contributed by atoms with Crippen LogP contribution in [-0.4, -0.2) is 24.0 Å². The van der Waals surface area contributed by atoms with Crippen molar-refractivity contribution in [3.8, 4) is 0 Å². The van der Waals surface area contributed by atoms with Gasteiger partial charge in [0.15, 0.2) is 10.1 Å². The summed E-state index contributed by atoms with van der Waals surface area (Å²) in [5, 5.41) is -4.78. The van der Waals surface area contributed by atoms with Crippen LogP contribution in [0.15, 0.2) is 0 Å². The number of carbonyl (C=O) groups is 1. The first-order valence-corrected chi connectivity index (χ1v) is 8.39. The molecule has 4 nitrogen and oxygen atoms in total. The highest BCUT2D eigenvalue weighted by atomic mass is 32.2. The Morgan fingerprint density at radius 2 is 1.50 bits per heavy atom. The molecule has 4 bridgehead atoms. The molecule has 0 amide bonds. The number of hydrogen-bond donors (Lipinski definition) is 0. The fourth-order valence-corrected chi connectivity index (χ4v) is 5.44. The summed E-state index contributed by atoms with van der Waals surface area (Å²) in [5.41, 5.74) is -0.486. The number of ketones is 1. The molecule has 4 rings (SSSR count). The first-order chi connectivity index (χ1) is 9.11. The van der Waals surface area contributed by atoms with Gasteiger partial charge in [0.05, 0.1) is 0 Å². The average Bonchev–Trinajstić information content (AvgIpc) is 2.24. The second-order valence-corrected chi connectivity index (χ2v) is 8.41. The zero-order valence-corrected chi connectivity index (χ0v) is 11.8. The van der Waals surface area contributed by atoms with Crippen LogP contribution in [0.25, 0.3) is 0 Å². The van der Waals surface area contributed by atoms with E-state index in [1.165, 1.54) is 0 Å². The Balaban J connectivity index is 1.80. The number of Topliss-reactive ketones (excluding diaryl/α,β-unsaturated/α-hetero) is 1. The van der Waals surface area contributed by atoms with Crippen LogP contribution in [0, 0.1) is 23.2 Å². The third kappa shape index (κ3) is 2.19. The molecular formula is C13H17F2O4S-. The molecule has 4 aliphatic rings. The van der Waals surface area contributed by atoms with Gasteiger partial charge in [0, 0.05) is 6.42 Å². The summed E-state index contributed by atoms with van der Waals surface area (Å²) in [5.74, 6) is -0.279. The molecule has 0 aromatic carbocycles. The Bertz CT molecular complexity index is 505. The van der Waals surface area contributed by atoms with Gasteiger partial charge in [-0.3, -0.25) is 4.79 Å². The van der Waals surface area contributed by atoms with Crippen LogP contribution >= 0.6 is 0 Å². The standard InChI is InChI=1S/C13H18F2O4S/c14-13(15,20(17,18)19)11(16)7-12-4-8-1-9(5-12)3-10(2-8)6-12/h8-10H,1-7H2,(H,17,18,19)/p-1. The van der Waals surface area contributed by atoms with Gasteiger partial charge in [-0.2, -0.15) is 8.78 Å². The van der Waals surface area contributed by atoms with Crippen molar-refractivity contribution in [2.75, 3.05) is 0 Å². The van der Waals surface area contributed by atoms with E-state index in [2.05, 4.69) is 0 Å². The van der Waals surface area contributed by atoms with Gasteiger partial charge in [0.1, 0.15) is 0 Å². The molecule has 0 N–H and O–H groups in total. The van der Waals surface area contributed by atoms with Crippen LogP contribution < -0.4 is 0 Å². The van der Waals surface area contributed by atoms with Crippen LogP contribution in [0.5, 0.6) is 0 Å². The van der Waals surface area contributed by atoms with Crippen LogP contribution in [-0.2, 0) is 14.9 Å². The molecule has 4 saturated carbocycles. The summed E-state index contributed by atoms with van der Waals surface area (Å²) in [6, 6.07) is 0. The molecule has 0 aromatic rings. The summed E-state index contributed by atoms with van der Waals surface area (Å²) in [6.45, 7) is 0. The number of rotatable bonds is 4. The highest BCUT2D eigenvalue weighted by Crippen LogP contribution is 2.61. The third-order valence-corrected chi connectivity index (χ3v) is 6.19. The maximum Gasteiger partial charge on any atom is 0.391 e. The monoisotopic (exact) mass is 307 g/mol. The van der Waals surface area contributed by atoms with E-state index in [4.69, 9.17) is 0 Å². The maximum absolute atomic E-state index is 13.4. The zero-order valence-electron chi connectivity index (χ0n) is 11.0. The normalized spacial score (nSPS) is 40.0. The van der Waals surface area contributed by atoms with Gasteiger partial charge in [-0.15, -0.1) is 0 Å². The quantitative estimate of drug-likeness (QED) is 0.747. The Labute approximate surface area is 116 Å². The largest absolute Gasteiger partial charge is 0.743 e. The minimum Gasteiger partial charge on any atom is -0.743 e. The Kier molecular flexibility index (Phi) is 3.04. The lowest BCUT2D eigenvalue weighted by molar-refractivity contribution is -0.141. The second kappa shape index (κ2) is 4.22. The van der Waals surface area contributed by atoms with E-state index >= 15 is 0 Å². The summed E-state index contributed by atoms with van der Waals surface area (Å²) in [6.07, 6.45) is 5.00. The molecule has 0 aliphatic heterocycles. The van der Waals surface area contributed by atoms with Gasteiger partial charge in [0.2, 0.25) is 5.78 Å². The van der Waals surface area contributed by atoms with Crippen molar-refractivity contribution >= 4 is 15.9 Å². The minimum absolute atomic E-state index is 0.467. The predicted octanol–water partition coefficient (Wildman–Crippen LogP) is 2.30. The van der Waals surface area contributed by atoms with Gasteiger partial charge in [-0.05, 0) is 61.7 Å². The van der Waals surface area contributed by atoms with Crippen LogP contribution in [0.3, 0.4) is 0 Å². The average molecular weight is 307 g/mol. The van der Waals surface area contributed by atoms with Crippen LogP contribution in [0.4, 0.5) is 8.78 Å². The van der Waals surface area contributed by atoms with E-state index in [-0.39, 0.29) is 0 Å².